The second kappa shape index (κ2) is 6.66. The van der Waals surface area contributed by atoms with Crippen molar-refractivity contribution in [1.29, 1.82) is 0 Å². The summed E-state index contributed by atoms with van der Waals surface area (Å²) in [4.78, 5) is 15.7. The number of hydrogen-bond acceptors (Lipinski definition) is 5. The number of nitrogens with zero attached hydrogens (tertiary/aromatic N) is 4. The molecule has 1 amide bonds. The van der Waals surface area contributed by atoms with Gasteiger partial charge in [0.2, 0.25) is 5.91 Å². The van der Waals surface area contributed by atoms with Gasteiger partial charge in [-0.25, -0.2) is 4.39 Å². The van der Waals surface area contributed by atoms with Gasteiger partial charge in [0.05, 0.1) is 12.7 Å². The lowest BCUT2D eigenvalue weighted by atomic mass is 10.0. The van der Waals surface area contributed by atoms with Gasteiger partial charge in [0.15, 0.2) is 0 Å². The third-order valence-electron chi connectivity index (χ3n) is 4.37. The molecule has 1 saturated heterocycles. The van der Waals surface area contributed by atoms with E-state index in [1.807, 2.05) is 4.90 Å². The Morgan fingerprint density at radius 2 is 2.29 bits per heavy atom. The number of likely N-dealkylation sites (N-methyl/N-ethyl adjacent to an activating group) is 1. The number of benzene rings is 1. The van der Waals surface area contributed by atoms with Crippen LogP contribution in [0, 0.1) is 5.82 Å². The maximum Gasteiger partial charge on any atom is 0.236 e. The van der Waals surface area contributed by atoms with Crippen molar-refractivity contribution in [1.82, 2.24) is 25.2 Å². The van der Waals surface area contributed by atoms with Gasteiger partial charge in [0.1, 0.15) is 17.1 Å². The smallest absolute Gasteiger partial charge is 0.236 e. The third-order valence-corrected chi connectivity index (χ3v) is 4.37. The van der Waals surface area contributed by atoms with Crippen molar-refractivity contribution in [2.75, 3.05) is 26.7 Å². The van der Waals surface area contributed by atoms with Gasteiger partial charge in [-0.1, -0.05) is 18.2 Å². The molecule has 128 valence electrons. The Morgan fingerprint density at radius 1 is 1.50 bits per heavy atom. The van der Waals surface area contributed by atoms with Gasteiger partial charge < -0.3 is 10.0 Å². The van der Waals surface area contributed by atoms with Crippen LogP contribution in [0.25, 0.3) is 0 Å². The van der Waals surface area contributed by atoms with Crippen molar-refractivity contribution in [3.8, 4) is 0 Å². The van der Waals surface area contributed by atoms with Gasteiger partial charge in [0, 0.05) is 32.2 Å². The standard InChI is InChI=1S/C16H20FN5O2/c1-21(9-12-4-2-3-5-13(12)17)15(23)10-22-7-6-16(24,11-22)14-8-18-20-19-14/h2-5,8,24H,6-7,9-11H2,1H3,(H,18,19,20). The molecule has 2 heterocycles. The van der Waals surface area contributed by atoms with E-state index in [1.165, 1.54) is 17.2 Å². The van der Waals surface area contributed by atoms with E-state index in [0.29, 0.717) is 30.8 Å². The minimum Gasteiger partial charge on any atom is -0.382 e. The topological polar surface area (TPSA) is 85.4 Å². The summed E-state index contributed by atoms with van der Waals surface area (Å²) in [6.07, 6.45) is 1.99. The number of rotatable bonds is 5. The Morgan fingerprint density at radius 3 is 3.00 bits per heavy atom. The van der Waals surface area contributed by atoms with E-state index in [9.17, 15) is 14.3 Å². The molecule has 1 aromatic heterocycles. The fourth-order valence-electron chi connectivity index (χ4n) is 2.92. The summed E-state index contributed by atoms with van der Waals surface area (Å²) in [6.45, 7) is 1.29. The monoisotopic (exact) mass is 333 g/mol. The van der Waals surface area contributed by atoms with E-state index in [0.717, 1.165) is 0 Å². The van der Waals surface area contributed by atoms with Crippen LogP contribution in [0.4, 0.5) is 4.39 Å². The fraction of sp³-hybridized carbons (Fsp3) is 0.438. The van der Waals surface area contributed by atoms with E-state index >= 15 is 0 Å². The van der Waals surface area contributed by atoms with E-state index in [2.05, 4.69) is 15.4 Å². The molecule has 24 heavy (non-hydrogen) atoms. The molecule has 0 bridgehead atoms. The van der Waals surface area contributed by atoms with Crippen molar-refractivity contribution in [3.05, 3.63) is 47.5 Å². The number of halogens is 1. The molecular formula is C16H20FN5O2. The number of carbonyl (C=O) groups is 1. The first kappa shape index (κ1) is 16.5. The maximum absolute atomic E-state index is 13.7. The van der Waals surface area contributed by atoms with Crippen molar-refractivity contribution in [2.45, 2.75) is 18.6 Å². The number of hydrogen-bond donors (Lipinski definition) is 2. The molecule has 8 heteroatoms. The van der Waals surface area contributed by atoms with Crippen LogP contribution < -0.4 is 0 Å². The van der Waals surface area contributed by atoms with Crippen LogP contribution in [0.5, 0.6) is 0 Å². The number of aromatic amines is 1. The third kappa shape index (κ3) is 3.44. The molecule has 0 spiro atoms. The molecule has 2 N–H and O–H groups in total. The molecule has 3 rings (SSSR count). The van der Waals surface area contributed by atoms with Crippen LogP contribution in [0.3, 0.4) is 0 Å². The summed E-state index contributed by atoms with van der Waals surface area (Å²) in [5.41, 5.74) is -0.122. The summed E-state index contributed by atoms with van der Waals surface area (Å²) in [5, 5.41) is 20.7. The van der Waals surface area contributed by atoms with Gasteiger partial charge in [-0.15, -0.1) is 0 Å². The molecule has 1 fully saturated rings. The predicted molar refractivity (Wildman–Crippen MR) is 84.2 cm³/mol. The molecule has 1 aliphatic heterocycles. The number of H-pyrrole nitrogens is 1. The Balaban J connectivity index is 1.57. The number of amides is 1. The molecule has 1 aromatic carbocycles. The molecule has 1 atom stereocenters. The first-order valence-corrected chi connectivity index (χ1v) is 7.76. The first-order valence-electron chi connectivity index (χ1n) is 7.76. The van der Waals surface area contributed by atoms with E-state index < -0.39 is 5.60 Å². The Hall–Kier alpha value is -2.32. The Kier molecular flexibility index (Phi) is 4.59. The molecule has 0 radical (unpaired) electrons. The second-order valence-electron chi connectivity index (χ2n) is 6.19. The number of aromatic nitrogens is 3. The normalized spacial score (nSPS) is 21.1. The van der Waals surface area contributed by atoms with Gasteiger partial charge in [-0.3, -0.25) is 9.69 Å². The summed E-state index contributed by atoms with van der Waals surface area (Å²) in [6, 6.07) is 6.41. The quantitative estimate of drug-likeness (QED) is 0.832. The van der Waals surface area contributed by atoms with Crippen LogP contribution in [-0.4, -0.2) is 62.9 Å². The highest BCUT2D eigenvalue weighted by atomic mass is 19.1. The molecule has 2 aromatic rings. The van der Waals surface area contributed by atoms with Crippen LogP contribution in [-0.2, 0) is 16.9 Å². The van der Waals surface area contributed by atoms with Gasteiger partial charge in [-0.2, -0.15) is 15.4 Å². The minimum absolute atomic E-state index is 0.123. The van der Waals surface area contributed by atoms with Crippen molar-refractivity contribution in [3.63, 3.8) is 0 Å². The molecule has 0 aliphatic carbocycles. The summed E-state index contributed by atoms with van der Waals surface area (Å²) < 4.78 is 13.7. The van der Waals surface area contributed by atoms with E-state index in [-0.39, 0.29) is 24.8 Å². The molecule has 0 saturated carbocycles. The predicted octanol–water partition coefficient (Wildman–Crippen LogP) is 0.496. The summed E-state index contributed by atoms with van der Waals surface area (Å²) in [7, 11) is 1.65. The summed E-state index contributed by atoms with van der Waals surface area (Å²) >= 11 is 0. The van der Waals surface area contributed by atoms with E-state index in [4.69, 9.17) is 0 Å². The summed E-state index contributed by atoms with van der Waals surface area (Å²) in [5.74, 6) is -0.443. The highest BCUT2D eigenvalue weighted by molar-refractivity contribution is 5.78. The zero-order valence-electron chi connectivity index (χ0n) is 13.4. The Bertz CT molecular complexity index is 708. The fourth-order valence-corrected chi connectivity index (χ4v) is 2.92. The lowest BCUT2D eigenvalue weighted by molar-refractivity contribution is -0.131. The molecule has 1 aliphatic rings. The lowest BCUT2D eigenvalue weighted by Gasteiger charge is -2.23. The lowest BCUT2D eigenvalue weighted by Crippen LogP contribution is -2.39. The van der Waals surface area contributed by atoms with Crippen molar-refractivity contribution in [2.24, 2.45) is 0 Å². The minimum atomic E-state index is -1.09. The van der Waals surface area contributed by atoms with Crippen molar-refractivity contribution < 1.29 is 14.3 Å². The zero-order chi connectivity index (χ0) is 17.2. The van der Waals surface area contributed by atoms with Gasteiger partial charge >= 0.3 is 0 Å². The highest BCUT2D eigenvalue weighted by Gasteiger charge is 2.40. The van der Waals surface area contributed by atoms with Crippen LogP contribution in [0.2, 0.25) is 0 Å². The Labute approximate surface area is 139 Å². The van der Waals surface area contributed by atoms with Gasteiger partial charge in [-0.05, 0) is 12.5 Å². The van der Waals surface area contributed by atoms with Crippen LogP contribution in [0.1, 0.15) is 17.7 Å². The van der Waals surface area contributed by atoms with Gasteiger partial charge in [0.25, 0.3) is 0 Å². The average molecular weight is 333 g/mol. The zero-order valence-corrected chi connectivity index (χ0v) is 13.4. The van der Waals surface area contributed by atoms with E-state index in [1.54, 1.807) is 25.2 Å². The van der Waals surface area contributed by atoms with Crippen LogP contribution in [0.15, 0.2) is 30.5 Å². The molecule has 7 nitrogen and oxygen atoms in total. The number of aliphatic hydroxyl groups is 1. The number of β-amino-alcohol motifs (C(OH)–C–C–N with tert-alkyl or cyclic N) is 1. The first-order chi connectivity index (χ1) is 11.5. The average Bonchev–Trinajstić information content (AvgIpc) is 3.20. The number of nitrogens with one attached hydrogen (secondary N) is 1. The maximum atomic E-state index is 13.7. The largest absolute Gasteiger partial charge is 0.382 e. The highest BCUT2D eigenvalue weighted by Crippen LogP contribution is 2.29. The number of likely N-dealkylation sites (tertiary alicyclic amines) is 1. The second-order valence-corrected chi connectivity index (χ2v) is 6.19. The number of carbonyl (C=O) groups excluding carboxylic acids is 1. The SMILES string of the molecule is CN(Cc1ccccc1F)C(=O)CN1CCC(O)(c2cn[nH]n2)C1. The molecular weight excluding hydrogens is 313 g/mol. The molecule has 1 unspecified atom stereocenters. The van der Waals surface area contributed by atoms with Crippen molar-refractivity contribution >= 4 is 5.91 Å². The van der Waals surface area contributed by atoms with Crippen LogP contribution >= 0.6 is 0 Å².